The van der Waals surface area contributed by atoms with Crippen molar-refractivity contribution in [1.82, 2.24) is 5.32 Å². The van der Waals surface area contributed by atoms with Crippen LogP contribution in [0.1, 0.15) is 12.0 Å². The molecule has 0 heterocycles. The highest BCUT2D eigenvalue weighted by Gasteiger charge is 2.23. The Bertz CT molecular complexity index is 451. The third-order valence-electron chi connectivity index (χ3n) is 2.33. The van der Waals surface area contributed by atoms with Gasteiger partial charge in [0.2, 0.25) is 12.3 Å². The number of alkyl halides is 2. The van der Waals surface area contributed by atoms with E-state index in [4.69, 9.17) is 16.7 Å². The maximum absolute atomic E-state index is 12.1. The summed E-state index contributed by atoms with van der Waals surface area (Å²) in [5.41, 5.74) is 0.614. The van der Waals surface area contributed by atoms with Crippen LogP contribution in [0.3, 0.4) is 0 Å². The highest BCUT2D eigenvalue weighted by atomic mass is 35.5. The number of carbonyl (C=O) groups excluding carboxylic acids is 1. The number of nitrogens with one attached hydrogen (secondary N) is 1. The quantitative estimate of drug-likeness (QED) is 0.843. The highest BCUT2D eigenvalue weighted by Crippen LogP contribution is 2.10. The fourth-order valence-electron chi connectivity index (χ4n) is 1.43. The van der Waals surface area contributed by atoms with E-state index in [9.17, 15) is 18.4 Å². The summed E-state index contributed by atoms with van der Waals surface area (Å²) >= 11 is 5.67. The van der Waals surface area contributed by atoms with Crippen molar-refractivity contribution >= 4 is 23.5 Å². The molecular formula is C12H12ClF2NO3. The molecular weight excluding hydrogens is 280 g/mol. The summed E-state index contributed by atoms with van der Waals surface area (Å²) in [5.74, 6) is -2.11. The third-order valence-corrected chi connectivity index (χ3v) is 2.58. The third kappa shape index (κ3) is 5.65. The molecule has 0 radical (unpaired) electrons. The maximum Gasteiger partial charge on any atom is 0.326 e. The lowest BCUT2D eigenvalue weighted by molar-refractivity contribution is -0.142. The lowest BCUT2D eigenvalue weighted by Gasteiger charge is -2.13. The second kappa shape index (κ2) is 7.04. The van der Waals surface area contributed by atoms with Gasteiger partial charge < -0.3 is 10.4 Å². The first-order valence-electron chi connectivity index (χ1n) is 5.43. The molecule has 0 saturated heterocycles. The Morgan fingerprint density at radius 1 is 1.26 bits per heavy atom. The monoisotopic (exact) mass is 291 g/mol. The Morgan fingerprint density at radius 2 is 1.84 bits per heavy atom. The Morgan fingerprint density at radius 3 is 2.32 bits per heavy atom. The molecule has 0 aromatic heterocycles. The molecule has 0 fully saturated rings. The Hall–Kier alpha value is -1.69. The predicted molar refractivity (Wildman–Crippen MR) is 65.3 cm³/mol. The minimum atomic E-state index is -2.79. The molecule has 104 valence electrons. The van der Waals surface area contributed by atoms with E-state index in [1.165, 1.54) is 0 Å². The van der Waals surface area contributed by atoms with Crippen molar-refractivity contribution in [3.63, 3.8) is 0 Å². The summed E-state index contributed by atoms with van der Waals surface area (Å²) in [6.45, 7) is 0. The van der Waals surface area contributed by atoms with Crippen molar-refractivity contribution in [2.24, 2.45) is 0 Å². The summed E-state index contributed by atoms with van der Waals surface area (Å²) in [5, 5.41) is 11.3. The van der Waals surface area contributed by atoms with Gasteiger partial charge in [0.25, 0.3) is 0 Å². The Balaban J connectivity index is 2.57. The first-order valence-corrected chi connectivity index (χ1v) is 5.81. The van der Waals surface area contributed by atoms with Crippen molar-refractivity contribution < 1.29 is 23.5 Å². The number of hydrogen-bond donors (Lipinski definition) is 2. The normalized spacial score (nSPS) is 12.2. The Kier molecular flexibility index (Phi) is 5.69. The zero-order valence-electron chi connectivity index (χ0n) is 9.78. The molecule has 0 aliphatic carbocycles. The number of rotatable bonds is 6. The molecule has 0 aliphatic heterocycles. The van der Waals surface area contributed by atoms with E-state index >= 15 is 0 Å². The second-order valence-electron chi connectivity index (χ2n) is 3.89. The number of hydrogen-bond acceptors (Lipinski definition) is 2. The lowest BCUT2D eigenvalue weighted by Crippen LogP contribution is -2.42. The number of halogens is 3. The van der Waals surface area contributed by atoms with Gasteiger partial charge in [-0.3, -0.25) is 4.79 Å². The van der Waals surface area contributed by atoms with E-state index in [1.54, 1.807) is 24.3 Å². The Labute approximate surface area is 113 Å². The van der Waals surface area contributed by atoms with Crippen LogP contribution in [0.25, 0.3) is 0 Å². The average Bonchev–Trinajstić information content (AvgIpc) is 2.30. The van der Waals surface area contributed by atoms with E-state index in [0.717, 1.165) is 0 Å². The summed E-state index contributed by atoms with van der Waals surface area (Å²) in [4.78, 5) is 22.2. The highest BCUT2D eigenvalue weighted by molar-refractivity contribution is 6.30. The zero-order valence-corrected chi connectivity index (χ0v) is 10.5. The van der Waals surface area contributed by atoms with Crippen molar-refractivity contribution in [3.05, 3.63) is 34.9 Å². The molecule has 0 bridgehead atoms. The number of benzene rings is 1. The summed E-state index contributed by atoms with van der Waals surface area (Å²) in [6, 6.07) is 4.78. The van der Waals surface area contributed by atoms with Gasteiger partial charge in [-0.2, -0.15) is 0 Å². The minimum Gasteiger partial charge on any atom is -0.480 e. The van der Waals surface area contributed by atoms with Crippen LogP contribution in [-0.2, 0) is 16.0 Å². The van der Waals surface area contributed by atoms with Gasteiger partial charge in [0.1, 0.15) is 6.04 Å². The van der Waals surface area contributed by atoms with Crippen molar-refractivity contribution in [2.75, 3.05) is 0 Å². The number of carboxylic acid groups (broad SMARTS) is 1. The molecule has 1 atom stereocenters. The van der Waals surface area contributed by atoms with Crippen molar-refractivity contribution in [3.8, 4) is 0 Å². The molecule has 2 N–H and O–H groups in total. The smallest absolute Gasteiger partial charge is 0.326 e. The predicted octanol–water partition coefficient (Wildman–Crippen LogP) is 2.11. The maximum atomic E-state index is 12.1. The summed E-state index contributed by atoms with van der Waals surface area (Å²) < 4.78 is 24.3. The van der Waals surface area contributed by atoms with E-state index < -0.39 is 30.8 Å². The van der Waals surface area contributed by atoms with Crippen LogP contribution in [0, 0.1) is 0 Å². The largest absolute Gasteiger partial charge is 0.480 e. The van der Waals surface area contributed by atoms with Gasteiger partial charge in [-0.1, -0.05) is 23.7 Å². The minimum absolute atomic E-state index is 0.0931. The molecule has 1 rings (SSSR count). The molecule has 1 aromatic carbocycles. The number of carbonyl (C=O) groups is 2. The van der Waals surface area contributed by atoms with Gasteiger partial charge in [0.05, 0.1) is 6.42 Å². The van der Waals surface area contributed by atoms with Gasteiger partial charge in [0, 0.05) is 11.4 Å². The van der Waals surface area contributed by atoms with Crippen LogP contribution < -0.4 is 5.32 Å². The van der Waals surface area contributed by atoms with E-state index in [-0.39, 0.29) is 6.42 Å². The summed E-state index contributed by atoms with van der Waals surface area (Å²) in [6.07, 6.45) is -3.80. The van der Waals surface area contributed by atoms with Crippen LogP contribution in [0.2, 0.25) is 5.02 Å². The number of carboxylic acids is 1. The molecule has 1 amide bonds. The van der Waals surface area contributed by atoms with Crippen LogP contribution in [0.15, 0.2) is 24.3 Å². The molecule has 1 unspecified atom stereocenters. The van der Waals surface area contributed by atoms with Gasteiger partial charge in [-0.25, -0.2) is 13.6 Å². The van der Waals surface area contributed by atoms with Crippen molar-refractivity contribution in [2.45, 2.75) is 25.3 Å². The summed E-state index contributed by atoms with van der Waals surface area (Å²) in [7, 11) is 0. The van der Waals surface area contributed by atoms with Crippen LogP contribution >= 0.6 is 11.6 Å². The zero-order chi connectivity index (χ0) is 14.4. The first-order chi connectivity index (χ1) is 8.88. The van der Waals surface area contributed by atoms with Gasteiger partial charge in [-0.05, 0) is 17.7 Å². The van der Waals surface area contributed by atoms with E-state index in [1.807, 2.05) is 0 Å². The van der Waals surface area contributed by atoms with Gasteiger partial charge >= 0.3 is 5.97 Å². The fourth-order valence-corrected chi connectivity index (χ4v) is 1.56. The molecule has 7 heteroatoms. The van der Waals surface area contributed by atoms with Crippen molar-refractivity contribution in [1.29, 1.82) is 0 Å². The van der Waals surface area contributed by atoms with Crippen LogP contribution in [0.4, 0.5) is 8.78 Å². The van der Waals surface area contributed by atoms with E-state index in [0.29, 0.717) is 10.6 Å². The van der Waals surface area contributed by atoms with Crippen LogP contribution in [-0.4, -0.2) is 29.5 Å². The SMILES string of the molecule is O=C(Cc1ccc(Cl)cc1)NC(CC(F)F)C(=O)O. The molecule has 0 spiro atoms. The van der Waals surface area contributed by atoms with Gasteiger partial charge in [-0.15, -0.1) is 0 Å². The second-order valence-corrected chi connectivity index (χ2v) is 4.32. The molecule has 1 aromatic rings. The molecule has 4 nitrogen and oxygen atoms in total. The number of amides is 1. The average molecular weight is 292 g/mol. The van der Waals surface area contributed by atoms with Crippen LogP contribution in [0.5, 0.6) is 0 Å². The standard InChI is InChI=1S/C12H12ClF2NO3/c13-8-3-1-7(2-4-8)5-11(17)16-9(12(18)19)6-10(14)15/h1-4,9-10H,5-6H2,(H,16,17)(H,18,19). The lowest BCUT2D eigenvalue weighted by atomic mass is 10.1. The topological polar surface area (TPSA) is 66.4 Å². The molecule has 0 aliphatic rings. The van der Waals surface area contributed by atoms with Gasteiger partial charge in [0.15, 0.2) is 0 Å². The van der Waals surface area contributed by atoms with E-state index in [2.05, 4.69) is 5.32 Å². The number of aliphatic carboxylic acids is 1. The first kappa shape index (κ1) is 15.4. The molecule has 0 saturated carbocycles. The fraction of sp³-hybridized carbons (Fsp3) is 0.333. The molecule has 19 heavy (non-hydrogen) atoms.